The normalized spacial score (nSPS) is 14.4. The molecule has 1 aliphatic rings. The topological polar surface area (TPSA) is 112 Å². The van der Waals surface area contributed by atoms with Gasteiger partial charge < -0.3 is 20.1 Å². The lowest BCUT2D eigenvalue weighted by molar-refractivity contribution is -0.124. The Bertz CT molecular complexity index is 916. The molecule has 0 aliphatic carbocycles. The van der Waals surface area contributed by atoms with Gasteiger partial charge in [0.1, 0.15) is 12.2 Å². The highest BCUT2D eigenvalue weighted by Gasteiger charge is 2.28. The molecule has 0 unspecified atom stereocenters. The second-order valence-electron chi connectivity index (χ2n) is 6.46. The lowest BCUT2D eigenvalue weighted by Gasteiger charge is -2.28. The highest BCUT2D eigenvalue weighted by atomic mass is 16.5. The van der Waals surface area contributed by atoms with Crippen LogP contribution in [0.5, 0.6) is 0 Å². The summed E-state index contributed by atoms with van der Waals surface area (Å²) in [4.78, 5) is 40.9. The number of amides is 2. The maximum atomic E-state index is 12.5. The van der Waals surface area contributed by atoms with E-state index in [1.807, 2.05) is 0 Å². The first-order valence-corrected chi connectivity index (χ1v) is 8.53. The van der Waals surface area contributed by atoms with Crippen LogP contribution in [0, 0.1) is 13.8 Å². The number of carbonyl (C=O) groups is 3. The van der Waals surface area contributed by atoms with Gasteiger partial charge in [-0.3, -0.25) is 14.5 Å². The van der Waals surface area contributed by atoms with Crippen molar-refractivity contribution in [2.45, 2.75) is 26.9 Å². The quantitative estimate of drug-likeness (QED) is 0.710. The molecule has 0 spiro atoms. The van der Waals surface area contributed by atoms with E-state index in [4.69, 9.17) is 4.74 Å². The Hall–Kier alpha value is -3.13. The largest absolute Gasteiger partial charge is 0.451 e. The minimum absolute atomic E-state index is 0.139. The van der Waals surface area contributed by atoms with Crippen LogP contribution in [-0.2, 0) is 14.3 Å². The van der Waals surface area contributed by atoms with Crippen molar-refractivity contribution in [1.29, 1.82) is 0 Å². The minimum atomic E-state index is -0.729. The standard InChI is InChI=1S/C19H21N3O5/c1-10-17(12(3)23)11(2)20-18(10)19(26)27-9-16(25)22-8-15(24)21-13-6-4-5-7-14(13)22/h4-7,12,20,23H,8-9H2,1-3H3,(H,21,24)/t12-/m0/s1. The number of aliphatic hydroxyl groups excluding tert-OH is 1. The first-order valence-electron chi connectivity index (χ1n) is 8.53. The second kappa shape index (κ2) is 7.24. The number of hydrogen-bond acceptors (Lipinski definition) is 5. The van der Waals surface area contributed by atoms with Gasteiger partial charge in [0.05, 0.1) is 17.5 Å². The molecule has 0 radical (unpaired) electrons. The first kappa shape index (κ1) is 18.7. The number of aromatic amines is 1. The van der Waals surface area contributed by atoms with E-state index in [-0.39, 0.29) is 18.1 Å². The van der Waals surface area contributed by atoms with Gasteiger partial charge in [0.2, 0.25) is 5.91 Å². The number of rotatable bonds is 4. The molecule has 2 amide bonds. The van der Waals surface area contributed by atoms with E-state index in [2.05, 4.69) is 10.3 Å². The number of hydrogen-bond donors (Lipinski definition) is 3. The van der Waals surface area contributed by atoms with E-state index in [0.717, 1.165) is 0 Å². The predicted octanol–water partition coefficient (Wildman–Crippen LogP) is 1.83. The van der Waals surface area contributed by atoms with Crippen LogP contribution < -0.4 is 10.2 Å². The summed E-state index contributed by atoms with van der Waals surface area (Å²) in [6.45, 7) is 4.43. The number of anilines is 2. The number of benzene rings is 1. The van der Waals surface area contributed by atoms with E-state index >= 15 is 0 Å². The molecule has 1 aromatic heterocycles. The number of nitrogens with zero attached hydrogens (tertiary/aromatic N) is 1. The number of para-hydroxylation sites is 2. The molecule has 0 saturated heterocycles. The summed E-state index contributed by atoms with van der Waals surface area (Å²) in [7, 11) is 0. The fourth-order valence-corrected chi connectivity index (χ4v) is 3.33. The van der Waals surface area contributed by atoms with Gasteiger partial charge in [-0.2, -0.15) is 0 Å². The Morgan fingerprint density at radius 2 is 2.00 bits per heavy atom. The van der Waals surface area contributed by atoms with Crippen LogP contribution in [-0.4, -0.2) is 41.0 Å². The third kappa shape index (κ3) is 3.56. The van der Waals surface area contributed by atoms with Crippen LogP contribution in [0.1, 0.15) is 40.3 Å². The molecule has 1 atom stereocenters. The molecule has 2 heterocycles. The summed E-state index contributed by atoms with van der Waals surface area (Å²) in [5.41, 5.74) is 3.18. The predicted molar refractivity (Wildman–Crippen MR) is 98.6 cm³/mol. The molecule has 0 bridgehead atoms. The van der Waals surface area contributed by atoms with E-state index in [0.29, 0.717) is 28.2 Å². The van der Waals surface area contributed by atoms with E-state index in [9.17, 15) is 19.5 Å². The summed E-state index contributed by atoms with van der Waals surface area (Å²) in [6.07, 6.45) is -0.729. The number of fused-ring (bicyclic) bond motifs is 1. The molecular weight excluding hydrogens is 350 g/mol. The Morgan fingerprint density at radius 3 is 2.67 bits per heavy atom. The molecule has 3 rings (SSSR count). The van der Waals surface area contributed by atoms with Gasteiger partial charge in [0.25, 0.3) is 5.91 Å². The summed E-state index contributed by atoms with van der Waals surface area (Å²) >= 11 is 0. The van der Waals surface area contributed by atoms with E-state index in [1.54, 1.807) is 45.0 Å². The third-order valence-corrected chi connectivity index (χ3v) is 4.52. The van der Waals surface area contributed by atoms with Crippen molar-refractivity contribution in [3.05, 3.63) is 46.8 Å². The molecule has 0 fully saturated rings. The van der Waals surface area contributed by atoms with Gasteiger partial charge in [-0.15, -0.1) is 0 Å². The molecule has 2 aromatic rings. The van der Waals surface area contributed by atoms with Crippen molar-refractivity contribution in [2.75, 3.05) is 23.4 Å². The van der Waals surface area contributed by atoms with Gasteiger partial charge in [0, 0.05) is 11.3 Å². The number of esters is 1. The highest BCUT2D eigenvalue weighted by molar-refractivity contribution is 6.10. The number of aryl methyl sites for hydroxylation is 1. The molecule has 27 heavy (non-hydrogen) atoms. The molecule has 142 valence electrons. The third-order valence-electron chi connectivity index (χ3n) is 4.52. The van der Waals surface area contributed by atoms with E-state index < -0.39 is 24.6 Å². The average molecular weight is 371 g/mol. The summed E-state index contributed by atoms with van der Waals surface area (Å²) in [6, 6.07) is 6.91. The van der Waals surface area contributed by atoms with Gasteiger partial charge in [-0.25, -0.2) is 4.79 Å². The zero-order valence-corrected chi connectivity index (χ0v) is 15.3. The summed E-state index contributed by atoms with van der Waals surface area (Å²) < 4.78 is 5.15. The lowest BCUT2D eigenvalue weighted by Crippen LogP contribution is -2.44. The molecule has 8 nitrogen and oxygen atoms in total. The molecule has 0 saturated carbocycles. The lowest BCUT2D eigenvalue weighted by atomic mass is 10.1. The maximum absolute atomic E-state index is 12.5. The van der Waals surface area contributed by atoms with Crippen LogP contribution in [0.4, 0.5) is 11.4 Å². The molecule has 3 N–H and O–H groups in total. The molecule has 1 aliphatic heterocycles. The second-order valence-corrected chi connectivity index (χ2v) is 6.46. The Kier molecular flexibility index (Phi) is 5.00. The zero-order chi connectivity index (χ0) is 19.7. The average Bonchev–Trinajstić information content (AvgIpc) is 2.93. The number of carbonyl (C=O) groups excluding carboxylic acids is 3. The van der Waals surface area contributed by atoms with Crippen molar-refractivity contribution >= 4 is 29.2 Å². The number of nitrogens with one attached hydrogen (secondary N) is 2. The maximum Gasteiger partial charge on any atom is 0.355 e. The molecule has 8 heteroatoms. The number of ether oxygens (including phenoxy) is 1. The van der Waals surface area contributed by atoms with Crippen LogP contribution in [0.2, 0.25) is 0 Å². The van der Waals surface area contributed by atoms with Crippen molar-refractivity contribution in [2.24, 2.45) is 0 Å². The van der Waals surface area contributed by atoms with Crippen LogP contribution >= 0.6 is 0 Å². The smallest absolute Gasteiger partial charge is 0.355 e. The fraction of sp³-hybridized carbons (Fsp3) is 0.316. The highest BCUT2D eigenvalue weighted by Crippen LogP contribution is 2.29. The van der Waals surface area contributed by atoms with Crippen molar-refractivity contribution < 1.29 is 24.2 Å². The SMILES string of the molecule is Cc1[nH]c(C(=O)OCC(=O)N2CC(=O)Nc3ccccc32)c(C)c1[C@H](C)O. The minimum Gasteiger partial charge on any atom is -0.451 e. The molecule has 1 aromatic carbocycles. The van der Waals surface area contributed by atoms with Gasteiger partial charge >= 0.3 is 5.97 Å². The summed E-state index contributed by atoms with van der Waals surface area (Å²) in [5, 5.41) is 12.5. The monoisotopic (exact) mass is 371 g/mol. The summed E-state index contributed by atoms with van der Waals surface area (Å²) in [5.74, 6) is -1.50. The Morgan fingerprint density at radius 1 is 1.30 bits per heavy atom. The Labute approximate surface area is 156 Å². The van der Waals surface area contributed by atoms with Crippen LogP contribution in [0.25, 0.3) is 0 Å². The van der Waals surface area contributed by atoms with Crippen LogP contribution in [0.15, 0.2) is 24.3 Å². The zero-order valence-electron chi connectivity index (χ0n) is 15.3. The number of aromatic nitrogens is 1. The molecular formula is C19H21N3O5. The van der Waals surface area contributed by atoms with Gasteiger partial charge in [-0.1, -0.05) is 12.1 Å². The fourth-order valence-electron chi connectivity index (χ4n) is 3.33. The Balaban J connectivity index is 1.72. The number of H-pyrrole nitrogens is 1. The van der Waals surface area contributed by atoms with Crippen LogP contribution in [0.3, 0.4) is 0 Å². The van der Waals surface area contributed by atoms with Gasteiger partial charge in [-0.05, 0) is 38.5 Å². The van der Waals surface area contributed by atoms with Gasteiger partial charge in [0.15, 0.2) is 6.61 Å². The number of aliphatic hydroxyl groups is 1. The van der Waals surface area contributed by atoms with E-state index in [1.165, 1.54) is 4.90 Å². The van der Waals surface area contributed by atoms with Crippen molar-refractivity contribution in [3.8, 4) is 0 Å². The first-order chi connectivity index (χ1) is 12.8. The van der Waals surface area contributed by atoms with Crippen molar-refractivity contribution in [3.63, 3.8) is 0 Å². The van der Waals surface area contributed by atoms with Crippen molar-refractivity contribution in [1.82, 2.24) is 4.98 Å².